The van der Waals surface area contributed by atoms with Crippen LogP contribution in [0, 0.1) is 0 Å². The topological polar surface area (TPSA) is 289 Å². The summed E-state index contributed by atoms with van der Waals surface area (Å²) in [5, 5.41) is 15.4. The molecule has 0 unspecified atom stereocenters. The van der Waals surface area contributed by atoms with Crippen molar-refractivity contribution in [2.45, 2.75) is 32.1 Å². The number of nitrogens with zero attached hydrogens (tertiary/aromatic N) is 2. The van der Waals surface area contributed by atoms with Crippen molar-refractivity contribution >= 4 is 35.4 Å². The van der Waals surface area contributed by atoms with Crippen LogP contribution < -0.4 is 47.8 Å². The third kappa shape index (κ3) is 12.8. The Hall–Kier alpha value is -5.88. The van der Waals surface area contributed by atoms with Crippen LogP contribution in [0.25, 0.3) is 0 Å². The van der Waals surface area contributed by atoms with Crippen LogP contribution in [0.5, 0.6) is 23.0 Å². The molecule has 0 spiro atoms. The predicted octanol–water partition coefficient (Wildman–Crippen LogP) is 0.210. The number of rotatable bonds is 23. The SMILES string of the molecule is COc1cc(Cc2cnc(N)nc2N)cc(OC)c1OCCCCC(=O)NCCOCCOCCNC(=O)Cc1cc(C(N)=O)c(O)c(C(N)=O)c1. The zero-order valence-corrected chi connectivity index (χ0v) is 29.2. The second-order valence-corrected chi connectivity index (χ2v) is 11.3. The number of amides is 4. The van der Waals surface area contributed by atoms with Gasteiger partial charge in [0.2, 0.25) is 23.5 Å². The molecule has 0 atom stereocenters. The summed E-state index contributed by atoms with van der Waals surface area (Å²) in [4.78, 5) is 55.6. The molecule has 0 saturated heterocycles. The quantitative estimate of drug-likeness (QED) is 0.0643. The molecule has 4 amide bonds. The number of aromatic nitrogens is 2. The first kappa shape index (κ1) is 40.5. The minimum absolute atomic E-state index is 0.102. The van der Waals surface area contributed by atoms with Crippen molar-refractivity contribution in [1.29, 1.82) is 0 Å². The van der Waals surface area contributed by atoms with E-state index in [0.717, 1.165) is 5.56 Å². The molecular weight excluding hydrogens is 680 g/mol. The maximum atomic E-state index is 12.3. The number of nitrogen functional groups attached to an aromatic ring is 2. The van der Waals surface area contributed by atoms with Crippen LogP contribution in [0.4, 0.5) is 11.8 Å². The van der Waals surface area contributed by atoms with E-state index in [1.165, 1.54) is 26.4 Å². The Bertz CT molecular complexity index is 1640. The van der Waals surface area contributed by atoms with Crippen LogP contribution in [-0.4, -0.2) is 99.0 Å². The van der Waals surface area contributed by atoms with Gasteiger partial charge < -0.3 is 62.4 Å². The van der Waals surface area contributed by atoms with Crippen LogP contribution in [0.2, 0.25) is 0 Å². The fourth-order valence-electron chi connectivity index (χ4n) is 4.89. The molecule has 2 aromatic carbocycles. The van der Waals surface area contributed by atoms with E-state index in [1.807, 2.05) is 12.1 Å². The highest BCUT2D eigenvalue weighted by atomic mass is 16.5. The molecule has 0 saturated carbocycles. The van der Waals surface area contributed by atoms with Crippen LogP contribution in [0.1, 0.15) is 56.7 Å². The van der Waals surface area contributed by atoms with E-state index in [2.05, 4.69) is 20.6 Å². The first-order chi connectivity index (χ1) is 24.9. The highest BCUT2D eigenvalue weighted by Gasteiger charge is 2.19. The van der Waals surface area contributed by atoms with E-state index in [0.29, 0.717) is 74.1 Å². The summed E-state index contributed by atoms with van der Waals surface area (Å²) in [5.41, 5.74) is 23.3. The van der Waals surface area contributed by atoms with Gasteiger partial charge in [-0.3, -0.25) is 19.2 Å². The molecule has 0 aliphatic carbocycles. The van der Waals surface area contributed by atoms with Gasteiger partial charge in [-0.15, -0.1) is 0 Å². The zero-order chi connectivity index (χ0) is 38.0. The van der Waals surface area contributed by atoms with Gasteiger partial charge in [-0.2, -0.15) is 4.98 Å². The fourth-order valence-corrected chi connectivity index (χ4v) is 4.89. The van der Waals surface area contributed by atoms with Gasteiger partial charge in [0.15, 0.2) is 11.5 Å². The summed E-state index contributed by atoms with van der Waals surface area (Å²) in [6, 6.07) is 6.11. The molecule has 0 radical (unpaired) electrons. The summed E-state index contributed by atoms with van der Waals surface area (Å²) in [5.74, 6) is -1.22. The number of hydrogen-bond donors (Lipinski definition) is 7. The molecule has 0 fully saturated rings. The molecule has 0 bridgehead atoms. The van der Waals surface area contributed by atoms with Gasteiger partial charge >= 0.3 is 0 Å². The number of carbonyl (C=O) groups excluding carboxylic acids is 4. The molecule has 3 rings (SSSR count). The fraction of sp³-hybridized carbons (Fsp3) is 0.412. The largest absolute Gasteiger partial charge is 0.506 e. The van der Waals surface area contributed by atoms with Gasteiger partial charge in [-0.05, 0) is 48.2 Å². The Morgan fingerprint density at radius 2 is 1.35 bits per heavy atom. The van der Waals surface area contributed by atoms with Crippen LogP contribution >= 0.6 is 0 Å². The molecule has 52 heavy (non-hydrogen) atoms. The third-order valence-electron chi connectivity index (χ3n) is 7.45. The van der Waals surface area contributed by atoms with Crippen molar-refractivity contribution in [3.63, 3.8) is 0 Å². The van der Waals surface area contributed by atoms with E-state index >= 15 is 0 Å². The van der Waals surface area contributed by atoms with E-state index in [1.54, 1.807) is 6.20 Å². The number of unbranched alkanes of at least 4 members (excludes halogenated alkanes) is 1. The molecule has 1 heterocycles. The zero-order valence-electron chi connectivity index (χ0n) is 29.2. The molecule has 0 aliphatic heterocycles. The monoisotopic (exact) mass is 726 g/mol. The van der Waals surface area contributed by atoms with Gasteiger partial charge in [0, 0.05) is 37.7 Å². The van der Waals surface area contributed by atoms with E-state index in [9.17, 15) is 24.3 Å². The van der Waals surface area contributed by atoms with Crippen LogP contribution in [-0.2, 0) is 31.9 Å². The molecule has 3 aromatic rings. The summed E-state index contributed by atoms with van der Waals surface area (Å²) < 4.78 is 27.9. The first-order valence-corrected chi connectivity index (χ1v) is 16.3. The standard InChI is InChI=1S/C34H46N8O10/c1-48-25-16-20(13-22-19-41-34(38)42-31(22)35)17-26(49-2)30(25)52-8-4-3-5-27(43)39-6-9-50-11-12-51-10-7-40-28(44)18-21-14-23(32(36)46)29(45)24(15-21)33(37)47/h14-17,19,45H,3-13,18H2,1-2H3,(H2,36,46)(H2,37,47)(H,39,43)(H,40,44)(H4,35,38,41,42). The number of benzene rings is 2. The normalized spacial score (nSPS) is 10.7. The summed E-state index contributed by atoms with van der Waals surface area (Å²) in [7, 11) is 3.07. The number of ether oxygens (including phenoxy) is 5. The lowest BCUT2D eigenvalue weighted by molar-refractivity contribution is -0.122. The average Bonchev–Trinajstić information content (AvgIpc) is 3.10. The lowest BCUT2D eigenvalue weighted by Gasteiger charge is -2.16. The smallest absolute Gasteiger partial charge is 0.252 e. The number of nitrogens with two attached hydrogens (primary N) is 4. The van der Waals surface area contributed by atoms with Crippen molar-refractivity contribution < 1.29 is 48.0 Å². The molecule has 282 valence electrons. The summed E-state index contributed by atoms with van der Waals surface area (Å²) in [6.45, 7) is 1.97. The van der Waals surface area contributed by atoms with E-state index < -0.39 is 23.5 Å². The molecule has 18 nitrogen and oxygen atoms in total. The number of hydrogen-bond acceptors (Lipinski definition) is 14. The Balaban J connectivity index is 1.24. The average molecular weight is 727 g/mol. The Labute approximate surface area is 300 Å². The molecule has 11 N–H and O–H groups in total. The van der Waals surface area contributed by atoms with Crippen molar-refractivity contribution in [2.24, 2.45) is 11.5 Å². The van der Waals surface area contributed by atoms with Crippen molar-refractivity contribution in [1.82, 2.24) is 20.6 Å². The third-order valence-corrected chi connectivity index (χ3v) is 7.45. The van der Waals surface area contributed by atoms with Gasteiger partial charge in [-0.1, -0.05) is 0 Å². The van der Waals surface area contributed by atoms with Gasteiger partial charge in [0.05, 0.1) is 64.8 Å². The maximum Gasteiger partial charge on any atom is 0.252 e. The van der Waals surface area contributed by atoms with Gasteiger partial charge in [0.1, 0.15) is 11.6 Å². The van der Waals surface area contributed by atoms with Crippen molar-refractivity contribution in [3.05, 3.63) is 58.3 Å². The van der Waals surface area contributed by atoms with Gasteiger partial charge in [0.25, 0.3) is 11.8 Å². The minimum Gasteiger partial charge on any atom is -0.506 e. The number of nitrogens with one attached hydrogen (secondary N) is 2. The predicted molar refractivity (Wildman–Crippen MR) is 189 cm³/mol. The molecule has 1 aromatic heterocycles. The van der Waals surface area contributed by atoms with Crippen molar-refractivity contribution in [3.8, 4) is 23.0 Å². The summed E-state index contributed by atoms with van der Waals surface area (Å²) >= 11 is 0. The lowest BCUT2D eigenvalue weighted by atomic mass is 10.0. The number of anilines is 2. The Morgan fingerprint density at radius 1 is 0.769 bits per heavy atom. The van der Waals surface area contributed by atoms with Crippen LogP contribution in [0.15, 0.2) is 30.5 Å². The number of methoxy groups -OCH3 is 2. The lowest BCUT2D eigenvalue weighted by Crippen LogP contribution is -2.29. The number of primary amides is 2. The second-order valence-electron chi connectivity index (χ2n) is 11.3. The van der Waals surface area contributed by atoms with E-state index in [-0.39, 0.29) is 61.3 Å². The van der Waals surface area contributed by atoms with Crippen molar-refractivity contribution in [2.75, 3.05) is 71.8 Å². The maximum absolute atomic E-state index is 12.3. The number of aromatic hydroxyl groups is 1. The molecule has 18 heteroatoms. The Morgan fingerprint density at radius 3 is 1.88 bits per heavy atom. The molecule has 0 aliphatic rings. The highest BCUT2D eigenvalue weighted by Crippen LogP contribution is 2.39. The highest BCUT2D eigenvalue weighted by molar-refractivity contribution is 6.03. The van der Waals surface area contributed by atoms with Gasteiger partial charge in [-0.25, -0.2) is 4.98 Å². The first-order valence-electron chi connectivity index (χ1n) is 16.3. The number of phenols is 1. The van der Waals surface area contributed by atoms with E-state index in [4.69, 9.17) is 46.6 Å². The minimum atomic E-state index is -0.961. The Kier molecular flexibility index (Phi) is 16.2. The second kappa shape index (κ2) is 20.7. The molecular formula is C34H46N8O10. The summed E-state index contributed by atoms with van der Waals surface area (Å²) in [6.07, 6.45) is 3.39. The van der Waals surface area contributed by atoms with Crippen LogP contribution in [0.3, 0.4) is 0 Å². The number of carbonyl (C=O) groups is 4.